The number of ether oxygens (including phenoxy) is 2. The number of carbonyl (C=O) groups is 1. The zero-order valence-corrected chi connectivity index (χ0v) is 19.6. The van der Waals surface area contributed by atoms with Gasteiger partial charge in [0.2, 0.25) is 15.9 Å². The summed E-state index contributed by atoms with van der Waals surface area (Å²) < 4.78 is 37.7. The molecule has 1 saturated heterocycles. The topological polar surface area (TPSA) is 84.9 Å². The van der Waals surface area contributed by atoms with Crippen LogP contribution in [0.25, 0.3) is 0 Å². The van der Waals surface area contributed by atoms with E-state index in [1.54, 1.807) is 30.3 Å². The van der Waals surface area contributed by atoms with Crippen molar-refractivity contribution in [2.75, 3.05) is 32.6 Å². The van der Waals surface area contributed by atoms with Gasteiger partial charge in [0.25, 0.3) is 0 Å². The highest BCUT2D eigenvalue weighted by molar-refractivity contribution is 7.88. The van der Waals surface area contributed by atoms with Gasteiger partial charge in [0.1, 0.15) is 0 Å². The molecule has 1 N–H and O–H groups in total. The van der Waals surface area contributed by atoms with Crippen molar-refractivity contribution < 1.29 is 22.7 Å². The normalized spacial score (nSPS) is 17.2. The van der Waals surface area contributed by atoms with Crippen LogP contribution in [0.5, 0.6) is 11.5 Å². The maximum absolute atomic E-state index is 12.9. The summed E-state index contributed by atoms with van der Waals surface area (Å²) in [7, 11) is -0.595. The summed E-state index contributed by atoms with van der Waals surface area (Å²) in [6, 6.07) is 9.79. The van der Waals surface area contributed by atoms with Crippen LogP contribution in [0.3, 0.4) is 0 Å². The van der Waals surface area contributed by atoms with Crippen molar-refractivity contribution in [1.29, 1.82) is 0 Å². The number of benzene rings is 2. The lowest BCUT2D eigenvalue weighted by atomic mass is 9.98. The molecule has 0 aliphatic carbocycles. The number of carbonyl (C=O) groups excluding carboxylic acids is 1. The molecule has 1 amide bonds. The van der Waals surface area contributed by atoms with Crippen molar-refractivity contribution in [3.05, 3.63) is 52.0 Å². The second-order valence-electron chi connectivity index (χ2n) is 7.25. The molecule has 2 aromatic carbocycles. The number of anilines is 1. The summed E-state index contributed by atoms with van der Waals surface area (Å²) in [6.07, 6.45) is 1.20. The molecule has 1 atom stereocenters. The smallest absolute Gasteiger partial charge is 0.228 e. The number of amides is 1. The number of piperidine rings is 1. The second-order valence-corrected chi connectivity index (χ2v) is 10.1. The molecule has 31 heavy (non-hydrogen) atoms. The fourth-order valence-electron chi connectivity index (χ4n) is 3.49. The molecule has 10 heteroatoms. The van der Waals surface area contributed by atoms with E-state index >= 15 is 0 Å². The highest BCUT2D eigenvalue weighted by Gasteiger charge is 2.33. The van der Waals surface area contributed by atoms with Crippen molar-refractivity contribution in [2.45, 2.75) is 18.6 Å². The minimum absolute atomic E-state index is 0.118. The SMILES string of the molecule is COc1ccc(NC(=O)C2CCCN(S(=O)(=O)Cc3ccc(Cl)cc3Cl)C2)cc1OC. The van der Waals surface area contributed by atoms with E-state index in [0.717, 1.165) is 0 Å². The van der Waals surface area contributed by atoms with Crippen LogP contribution in [0.2, 0.25) is 10.0 Å². The standard InChI is InChI=1S/C21H24Cl2N2O5S/c1-29-19-8-7-17(11-20(19)30-2)24-21(26)14-4-3-9-25(12-14)31(27,28)13-15-5-6-16(22)10-18(15)23/h5-8,10-11,14H,3-4,9,12-13H2,1-2H3,(H,24,26). The zero-order valence-electron chi connectivity index (χ0n) is 17.2. The molecule has 1 fully saturated rings. The van der Waals surface area contributed by atoms with Crippen LogP contribution >= 0.6 is 23.2 Å². The first-order chi connectivity index (χ1) is 14.7. The molecule has 0 spiro atoms. The molecule has 1 unspecified atom stereocenters. The van der Waals surface area contributed by atoms with Gasteiger partial charge in [0.15, 0.2) is 11.5 Å². The van der Waals surface area contributed by atoms with E-state index in [4.69, 9.17) is 32.7 Å². The summed E-state index contributed by atoms with van der Waals surface area (Å²) in [5, 5.41) is 3.59. The summed E-state index contributed by atoms with van der Waals surface area (Å²) >= 11 is 12.0. The number of nitrogens with one attached hydrogen (secondary N) is 1. The third-order valence-electron chi connectivity index (χ3n) is 5.15. The van der Waals surface area contributed by atoms with Crippen molar-refractivity contribution in [3.8, 4) is 11.5 Å². The number of nitrogens with zero attached hydrogens (tertiary/aromatic N) is 1. The largest absolute Gasteiger partial charge is 0.493 e. The predicted molar refractivity (Wildman–Crippen MR) is 122 cm³/mol. The first kappa shape index (κ1) is 23.7. The number of methoxy groups -OCH3 is 2. The Bertz CT molecular complexity index is 1060. The Morgan fingerprint density at radius 1 is 1.13 bits per heavy atom. The summed E-state index contributed by atoms with van der Waals surface area (Å²) in [6.45, 7) is 0.486. The van der Waals surface area contributed by atoms with Gasteiger partial charge in [-0.1, -0.05) is 29.3 Å². The Balaban J connectivity index is 1.68. The van der Waals surface area contributed by atoms with Crippen LogP contribution in [0.1, 0.15) is 18.4 Å². The number of hydrogen-bond acceptors (Lipinski definition) is 5. The third-order valence-corrected chi connectivity index (χ3v) is 7.53. The van der Waals surface area contributed by atoms with E-state index in [1.807, 2.05) is 0 Å². The molecule has 0 bridgehead atoms. The fraction of sp³-hybridized carbons (Fsp3) is 0.381. The first-order valence-electron chi connectivity index (χ1n) is 9.68. The molecular weight excluding hydrogens is 463 g/mol. The van der Waals surface area contributed by atoms with E-state index < -0.39 is 15.9 Å². The molecule has 0 aromatic heterocycles. The maximum atomic E-state index is 12.9. The van der Waals surface area contributed by atoms with Crippen LogP contribution in [0, 0.1) is 5.92 Å². The van der Waals surface area contributed by atoms with Gasteiger partial charge in [-0.25, -0.2) is 12.7 Å². The molecule has 0 radical (unpaired) electrons. The minimum atomic E-state index is -3.64. The summed E-state index contributed by atoms with van der Waals surface area (Å²) in [4.78, 5) is 12.8. The predicted octanol–water partition coefficient (Wildman–Crippen LogP) is 4.19. The van der Waals surface area contributed by atoms with Crippen molar-refractivity contribution >= 4 is 44.8 Å². The molecule has 0 saturated carbocycles. The molecule has 1 aliphatic heterocycles. The van der Waals surface area contributed by atoms with E-state index in [-0.39, 0.29) is 18.2 Å². The van der Waals surface area contributed by atoms with Gasteiger partial charge >= 0.3 is 0 Å². The average Bonchev–Trinajstić information content (AvgIpc) is 2.75. The average molecular weight is 487 g/mol. The van der Waals surface area contributed by atoms with Crippen LogP contribution in [-0.2, 0) is 20.6 Å². The lowest BCUT2D eigenvalue weighted by Gasteiger charge is -2.31. The number of rotatable bonds is 7. The molecule has 168 valence electrons. The molecule has 3 rings (SSSR count). The zero-order chi connectivity index (χ0) is 22.6. The molecule has 1 heterocycles. The monoisotopic (exact) mass is 486 g/mol. The minimum Gasteiger partial charge on any atom is -0.493 e. The van der Waals surface area contributed by atoms with E-state index in [9.17, 15) is 13.2 Å². The highest BCUT2D eigenvalue weighted by atomic mass is 35.5. The van der Waals surface area contributed by atoms with Gasteiger partial charge < -0.3 is 14.8 Å². The van der Waals surface area contributed by atoms with Gasteiger partial charge in [-0.15, -0.1) is 0 Å². The maximum Gasteiger partial charge on any atom is 0.228 e. The Kier molecular flexibility index (Phi) is 7.69. The van der Waals surface area contributed by atoms with Crippen molar-refractivity contribution in [3.63, 3.8) is 0 Å². The molecule has 2 aromatic rings. The van der Waals surface area contributed by atoms with E-state index in [2.05, 4.69) is 5.32 Å². The lowest BCUT2D eigenvalue weighted by molar-refractivity contribution is -0.120. The molecular formula is C21H24Cl2N2O5S. The van der Waals surface area contributed by atoms with Gasteiger partial charge in [-0.3, -0.25) is 4.79 Å². The Morgan fingerprint density at radius 3 is 2.55 bits per heavy atom. The fourth-order valence-corrected chi connectivity index (χ4v) is 5.69. The van der Waals surface area contributed by atoms with Gasteiger partial charge in [0.05, 0.1) is 25.9 Å². The molecule has 1 aliphatic rings. The summed E-state index contributed by atoms with van der Waals surface area (Å²) in [5.74, 6) is 0.103. The van der Waals surface area contributed by atoms with Gasteiger partial charge in [-0.2, -0.15) is 0 Å². The van der Waals surface area contributed by atoms with Crippen LogP contribution in [0.4, 0.5) is 5.69 Å². The van der Waals surface area contributed by atoms with E-state index in [1.165, 1.54) is 24.6 Å². The second kappa shape index (κ2) is 10.1. The Morgan fingerprint density at radius 2 is 1.87 bits per heavy atom. The van der Waals surface area contributed by atoms with Crippen LogP contribution in [0.15, 0.2) is 36.4 Å². The number of halogens is 2. The summed E-state index contributed by atoms with van der Waals surface area (Å²) in [5.41, 5.74) is 1.03. The van der Waals surface area contributed by atoms with Crippen LogP contribution < -0.4 is 14.8 Å². The van der Waals surface area contributed by atoms with Gasteiger partial charge in [-0.05, 0) is 42.7 Å². The lowest BCUT2D eigenvalue weighted by Crippen LogP contribution is -2.44. The Labute approximate surface area is 192 Å². The van der Waals surface area contributed by atoms with Crippen molar-refractivity contribution in [1.82, 2.24) is 4.31 Å². The van der Waals surface area contributed by atoms with E-state index in [0.29, 0.717) is 52.2 Å². The van der Waals surface area contributed by atoms with Crippen LogP contribution in [-0.4, -0.2) is 45.9 Å². The first-order valence-corrected chi connectivity index (χ1v) is 12.0. The number of hydrogen-bond donors (Lipinski definition) is 1. The third kappa shape index (κ3) is 5.83. The highest BCUT2D eigenvalue weighted by Crippen LogP contribution is 2.31. The van der Waals surface area contributed by atoms with Gasteiger partial charge in [0, 0.05) is 34.9 Å². The Hall–Kier alpha value is -2.00. The number of sulfonamides is 1. The molecule has 7 nitrogen and oxygen atoms in total. The quantitative estimate of drug-likeness (QED) is 0.633. The van der Waals surface area contributed by atoms with Crippen molar-refractivity contribution in [2.24, 2.45) is 5.92 Å².